The van der Waals surface area contributed by atoms with Crippen molar-refractivity contribution in [1.82, 2.24) is 0 Å². The van der Waals surface area contributed by atoms with Gasteiger partial charge in [-0.3, -0.25) is 0 Å². The number of aliphatic hydroxyl groups is 1. The van der Waals surface area contributed by atoms with Crippen molar-refractivity contribution in [2.75, 3.05) is 0 Å². The molecule has 0 saturated heterocycles. The Labute approximate surface area is 80.5 Å². The van der Waals surface area contributed by atoms with Crippen LogP contribution in [-0.4, -0.2) is 11.2 Å². The Morgan fingerprint density at radius 2 is 1.38 bits per heavy atom. The summed E-state index contributed by atoms with van der Waals surface area (Å²) in [6.07, 6.45) is 8.37. The van der Waals surface area contributed by atoms with E-state index in [1.807, 2.05) is 6.92 Å². The third-order valence-corrected chi connectivity index (χ3v) is 4.97. The fraction of sp³-hybridized carbons (Fsp3) is 1.00. The van der Waals surface area contributed by atoms with E-state index in [9.17, 15) is 5.11 Å². The van der Waals surface area contributed by atoms with E-state index >= 15 is 0 Å². The fourth-order valence-corrected chi connectivity index (χ4v) is 4.69. The summed E-state index contributed by atoms with van der Waals surface area (Å²) < 4.78 is 0. The van der Waals surface area contributed by atoms with Gasteiger partial charge in [0.25, 0.3) is 0 Å². The lowest BCUT2D eigenvalue weighted by Crippen LogP contribution is -2.50. The molecule has 13 heavy (non-hydrogen) atoms. The van der Waals surface area contributed by atoms with Gasteiger partial charge in [-0.2, -0.15) is 0 Å². The molecule has 0 radical (unpaired) electrons. The van der Waals surface area contributed by atoms with Gasteiger partial charge in [-0.05, 0) is 68.6 Å². The maximum atomic E-state index is 9.92. The maximum absolute atomic E-state index is 9.92. The normalized spacial score (nSPS) is 55.4. The summed E-state index contributed by atoms with van der Waals surface area (Å²) in [4.78, 5) is 0. The first kappa shape index (κ1) is 8.28. The number of aliphatic hydroxyl groups excluding tert-OH is 1. The van der Waals surface area contributed by atoms with Crippen molar-refractivity contribution in [3.05, 3.63) is 0 Å². The summed E-state index contributed by atoms with van der Waals surface area (Å²) in [5, 5.41) is 9.92. The Morgan fingerprint density at radius 1 is 1.00 bits per heavy atom. The third-order valence-electron chi connectivity index (χ3n) is 4.97. The van der Waals surface area contributed by atoms with Crippen LogP contribution < -0.4 is 0 Å². The molecule has 4 saturated carbocycles. The van der Waals surface area contributed by atoms with Gasteiger partial charge in [0.15, 0.2) is 0 Å². The second kappa shape index (κ2) is 2.50. The highest BCUT2D eigenvalue weighted by molar-refractivity contribution is 5.03. The molecule has 1 unspecified atom stereocenters. The van der Waals surface area contributed by atoms with Crippen LogP contribution in [-0.2, 0) is 0 Å². The number of rotatable bonds is 1. The minimum Gasteiger partial charge on any atom is -0.393 e. The average molecular weight is 180 g/mol. The third kappa shape index (κ3) is 1.09. The van der Waals surface area contributed by atoms with Gasteiger partial charge in [-0.15, -0.1) is 0 Å². The van der Waals surface area contributed by atoms with Gasteiger partial charge in [-0.1, -0.05) is 0 Å². The van der Waals surface area contributed by atoms with Crippen LogP contribution in [0, 0.1) is 23.2 Å². The van der Waals surface area contributed by atoms with Crippen LogP contribution in [0.4, 0.5) is 0 Å². The second-order valence-corrected chi connectivity index (χ2v) is 5.96. The van der Waals surface area contributed by atoms with Gasteiger partial charge < -0.3 is 5.11 Å². The standard InChI is InChI=1S/C12H20O/c1-8(13)12-5-9-2-10(6-12)4-11(3-9)7-12/h8-11,13H,2-7H2,1H3. The summed E-state index contributed by atoms with van der Waals surface area (Å²) in [5.74, 6) is 2.92. The second-order valence-electron chi connectivity index (χ2n) is 5.96. The van der Waals surface area contributed by atoms with E-state index in [1.54, 1.807) is 0 Å². The highest BCUT2D eigenvalue weighted by atomic mass is 16.3. The van der Waals surface area contributed by atoms with Crippen molar-refractivity contribution in [3.63, 3.8) is 0 Å². The van der Waals surface area contributed by atoms with Gasteiger partial charge in [0, 0.05) is 0 Å². The highest BCUT2D eigenvalue weighted by Crippen LogP contribution is 2.61. The predicted molar refractivity (Wildman–Crippen MR) is 52.3 cm³/mol. The zero-order valence-corrected chi connectivity index (χ0v) is 8.50. The summed E-state index contributed by atoms with van der Waals surface area (Å²) in [6, 6.07) is 0. The van der Waals surface area contributed by atoms with Crippen LogP contribution in [0.2, 0.25) is 0 Å². The fourth-order valence-electron chi connectivity index (χ4n) is 4.69. The number of hydrogen-bond acceptors (Lipinski definition) is 1. The monoisotopic (exact) mass is 180 g/mol. The van der Waals surface area contributed by atoms with Gasteiger partial charge in [0.05, 0.1) is 6.10 Å². The van der Waals surface area contributed by atoms with E-state index in [1.165, 1.54) is 38.5 Å². The summed E-state index contributed by atoms with van der Waals surface area (Å²) >= 11 is 0. The van der Waals surface area contributed by atoms with Crippen molar-refractivity contribution in [2.24, 2.45) is 23.2 Å². The lowest BCUT2D eigenvalue weighted by Gasteiger charge is -2.58. The van der Waals surface area contributed by atoms with E-state index in [-0.39, 0.29) is 6.10 Å². The van der Waals surface area contributed by atoms with Crippen molar-refractivity contribution < 1.29 is 5.11 Å². The molecular formula is C12H20O. The van der Waals surface area contributed by atoms with E-state index in [4.69, 9.17) is 0 Å². The molecular weight excluding hydrogens is 160 g/mol. The molecule has 0 spiro atoms. The molecule has 4 rings (SSSR count). The van der Waals surface area contributed by atoms with E-state index in [0.29, 0.717) is 5.41 Å². The molecule has 1 atom stereocenters. The molecule has 4 bridgehead atoms. The molecule has 0 heterocycles. The highest BCUT2D eigenvalue weighted by Gasteiger charge is 2.52. The molecule has 1 N–H and O–H groups in total. The van der Waals surface area contributed by atoms with Crippen LogP contribution in [0.15, 0.2) is 0 Å². The molecule has 0 aliphatic heterocycles. The molecule has 1 heteroatoms. The molecule has 4 aliphatic rings. The van der Waals surface area contributed by atoms with E-state index < -0.39 is 0 Å². The van der Waals surface area contributed by atoms with Crippen molar-refractivity contribution >= 4 is 0 Å². The van der Waals surface area contributed by atoms with Crippen LogP contribution in [0.25, 0.3) is 0 Å². The zero-order valence-electron chi connectivity index (χ0n) is 8.50. The molecule has 74 valence electrons. The average Bonchev–Trinajstić information content (AvgIpc) is 2.00. The summed E-state index contributed by atoms with van der Waals surface area (Å²) in [6.45, 7) is 2.02. The van der Waals surface area contributed by atoms with Gasteiger partial charge in [-0.25, -0.2) is 0 Å². The first-order chi connectivity index (χ1) is 6.18. The van der Waals surface area contributed by atoms with Crippen molar-refractivity contribution in [1.29, 1.82) is 0 Å². The minimum absolute atomic E-state index is 0.0547. The molecule has 0 amide bonds. The van der Waals surface area contributed by atoms with Gasteiger partial charge in [0.1, 0.15) is 0 Å². The van der Waals surface area contributed by atoms with Crippen molar-refractivity contribution in [3.8, 4) is 0 Å². The lowest BCUT2D eigenvalue weighted by atomic mass is 9.48. The lowest BCUT2D eigenvalue weighted by molar-refractivity contribution is -0.113. The SMILES string of the molecule is CC(O)C12CC3CC(CC(C3)C1)C2. The largest absolute Gasteiger partial charge is 0.393 e. The predicted octanol–water partition coefficient (Wildman–Crippen LogP) is 2.58. The zero-order chi connectivity index (χ0) is 9.05. The Hall–Kier alpha value is -0.0400. The van der Waals surface area contributed by atoms with Gasteiger partial charge >= 0.3 is 0 Å². The molecule has 0 aromatic carbocycles. The minimum atomic E-state index is -0.0547. The molecule has 4 fully saturated rings. The molecule has 0 aromatic rings. The van der Waals surface area contributed by atoms with Crippen LogP contribution in [0.3, 0.4) is 0 Å². The molecule has 0 aromatic heterocycles. The molecule has 1 nitrogen and oxygen atoms in total. The Kier molecular flexibility index (Phi) is 1.59. The van der Waals surface area contributed by atoms with Gasteiger partial charge in [0.2, 0.25) is 0 Å². The maximum Gasteiger partial charge on any atom is 0.0568 e. The smallest absolute Gasteiger partial charge is 0.0568 e. The Bertz CT molecular complexity index is 184. The van der Waals surface area contributed by atoms with E-state index in [0.717, 1.165) is 17.8 Å². The van der Waals surface area contributed by atoms with Crippen molar-refractivity contribution in [2.45, 2.75) is 51.6 Å². The number of hydrogen-bond donors (Lipinski definition) is 1. The van der Waals surface area contributed by atoms with Crippen LogP contribution in [0.5, 0.6) is 0 Å². The quantitative estimate of drug-likeness (QED) is 0.657. The van der Waals surface area contributed by atoms with Crippen LogP contribution in [0.1, 0.15) is 45.4 Å². The summed E-state index contributed by atoms with van der Waals surface area (Å²) in [7, 11) is 0. The first-order valence-electron chi connectivity index (χ1n) is 5.86. The molecule has 4 aliphatic carbocycles. The van der Waals surface area contributed by atoms with E-state index in [2.05, 4.69) is 0 Å². The van der Waals surface area contributed by atoms with Crippen LogP contribution >= 0.6 is 0 Å². The first-order valence-corrected chi connectivity index (χ1v) is 5.86. The topological polar surface area (TPSA) is 20.2 Å². The Balaban J connectivity index is 1.91. The summed E-state index contributed by atoms with van der Waals surface area (Å²) in [5.41, 5.74) is 0.356. The Morgan fingerprint density at radius 3 is 1.69 bits per heavy atom.